The number of rotatable bonds is 3. The van der Waals surface area contributed by atoms with E-state index in [1.54, 1.807) is 23.7 Å². The Labute approximate surface area is 150 Å². The summed E-state index contributed by atoms with van der Waals surface area (Å²) in [7, 11) is 3.02. The van der Waals surface area contributed by atoms with E-state index in [9.17, 15) is 14.0 Å². The van der Waals surface area contributed by atoms with Crippen molar-refractivity contribution in [3.05, 3.63) is 68.3 Å². The standard InChI is InChI=1S/C17H14FN5O2S/c1-21-14-13(16(24)22(2)17(21)25)23(9-19-14)7-12-8-26-15(20-12)10-3-5-11(18)6-4-10/h3-6,8-9H,7H2,1-2H3. The Morgan fingerprint density at radius 3 is 2.58 bits per heavy atom. The number of thiazole rings is 1. The summed E-state index contributed by atoms with van der Waals surface area (Å²) in [4.78, 5) is 33.2. The number of aryl methyl sites for hydroxylation is 1. The van der Waals surface area contributed by atoms with E-state index in [0.29, 0.717) is 17.7 Å². The van der Waals surface area contributed by atoms with E-state index in [1.807, 2.05) is 5.38 Å². The third kappa shape index (κ3) is 2.57. The van der Waals surface area contributed by atoms with Crippen molar-refractivity contribution >= 4 is 22.5 Å². The molecular formula is C17H14FN5O2S. The van der Waals surface area contributed by atoms with E-state index in [2.05, 4.69) is 9.97 Å². The van der Waals surface area contributed by atoms with Crippen molar-refractivity contribution in [2.75, 3.05) is 0 Å². The number of imidazole rings is 1. The molecule has 0 saturated heterocycles. The van der Waals surface area contributed by atoms with Crippen LogP contribution in [0.4, 0.5) is 4.39 Å². The van der Waals surface area contributed by atoms with E-state index in [1.165, 1.54) is 41.4 Å². The van der Waals surface area contributed by atoms with E-state index >= 15 is 0 Å². The first-order chi connectivity index (χ1) is 12.5. The highest BCUT2D eigenvalue weighted by atomic mass is 32.1. The van der Waals surface area contributed by atoms with Gasteiger partial charge in [-0.25, -0.2) is 19.2 Å². The van der Waals surface area contributed by atoms with Crippen LogP contribution in [0.15, 0.2) is 45.6 Å². The molecule has 1 aromatic carbocycles. The van der Waals surface area contributed by atoms with Crippen LogP contribution in [0.5, 0.6) is 0 Å². The molecule has 0 N–H and O–H groups in total. The van der Waals surface area contributed by atoms with Crippen LogP contribution in [0.1, 0.15) is 5.69 Å². The van der Waals surface area contributed by atoms with Crippen molar-refractivity contribution in [2.45, 2.75) is 6.54 Å². The van der Waals surface area contributed by atoms with E-state index < -0.39 is 11.2 Å². The summed E-state index contributed by atoms with van der Waals surface area (Å²) in [5.41, 5.74) is 1.47. The maximum absolute atomic E-state index is 13.1. The summed E-state index contributed by atoms with van der Waals surface area (Å²) in [6.45, 7) is 0.349. The van der Waals surface area contributed by atoms with Gasteiger partial charge >= 0.3 is 5.69 Å². The Bertz CT molecular complexity index is 1230. The van der Waals surface area contributed by atoms with Gasteiger partial charge in [-0.15, -0.1) is 11.3 Å². The predicted octanol–water partition coefficient (Wildman–Crippen LogP) is 1.74. The molecule has 4 rings (SSSR count). The zero-order valence-electron chi connectivity index (χ0n) is 14.0. The van der Waals surface area contributed by atoms with Crippen molar-refractivity contribution in [1.29, 1.82) is 0 Å². The second-order valence-electron chi connectivity index (χ2n) is 5.90. The molecule has 0 aliphatic heterocycles. The summed E-state index contributed by atoms with van der Waals surface area (Å²) >= 11 is 1.44. The van der Waals surface area contributed by atoms with Gasteiger partial charge in [0.15, 0.2) is 11.2 Å². The Morgan fingerprint density at radius 1 is 1.12 bits per heavy atom. The van der Waals surface area contributed by atoms with Crippen molar-refractivity contribution in [3.8, 4) is 10.6 Å². The van der Waals surface area contributed by atoms with Gasteiger partial charge in [-0.3, -0.25) is 13.9 Å². The lowest BCUT2D eigenvalue weighted by Gasteiger charge is -2.05. The third-order valence-corrected chi connectivity index (χ3v) is 5.13. The van der Waals surface area contributed by atoms with Crippen molar-refractivity contribution in [1.82, 2.24) is 23.7 Å². The molecule has 0 bridgehead atoms. The minimum absolute atomic E-state index is 0.295. The zero-order valence-corrected chi connectivity index (χ0v) is 14.8. The van der Waals surface area contributed by atoms with E-state index in [4.69, 9.17) is 0 Å². The number of fused-ring (bicyclic) bond motifs is 1. The minimum Gasteiger partial charge on any atom is -0.319 e. The SMILES string of the molecule is Cn1c(=O)c2c(ncn2Cc2csc(-c3ccc(F)cc3)n2)n(C)c1=O. The van der Waals surface area contributed by atoms with Crippen LogP contribution in [-0.4, -0.2) is 23.7 Å². The number of hydrogen-bond donors (Lipinski definition) is 0. The first kappa shape index (κ1) is 16.4. The first-order valence-corrected chi connectivity index (χ1v) is 8.65. The van der Waals surface area contributed by atoms with Crippen LogP contribution in [-0.2, 0) is 20.6 Å². The fraction of sp³-hybridized carbons (Fsp3) is 0.176. The maximum Gasteiger partial charge on any atom is 0.332 e. The van der Waals surface area contributed by atoms with Gasteiger partial charge in [-0.1, -0.05) is 0 Å². The lowest BCUT2D eigenvalue weighted by molar-refractivity contribution is 0.628. The Kier molecular flexibility index (Phi) is 3.80. The van der Waals surface area contributed by atoms with Gasteiger partial charge < -0.3 is 4.57 Å². The van der Waals surface area contributed by atoms with Crippen molar-refractivity contribution in [3.63, 3.8) is 0 Å². The molecule has 0 unspecified atom stereocenters. The van der Waals surface area contributed by atoms with Crippen LogP contribution in [0, 0.1) is 5.82 Å². The van der Waals surface area contributed by atoms with Gasteiger partial charge in [0.2, 0.25) is 0 Å². The summed E-state index contributed by atoms with van der Waals surface area (Å²) in [6, 6.07) is 6.14. The van der Waals surface area contributed by atoms with Crippen LogP contribution in [0.25, 0.3) is 21.7 Å². The van der Waals surface area contributed by atoms with Gasteiger partial charge in [-0.05, 0) is 24.3 Å². The molecule has 7 nitrogen and oxygen atoms in total. The normalized spacial score (nSPS) is 11.3. The molecule has 0 radical (unpaired) electrons. The topological polar surface area (TPSA) is 74.7 Å². The number of halogens is 1. The Hall–Kier alpha value is -3.07. The average molecular weight is 371 g/mol. The highest BCUT2D eigenvalue weighted by molar-refractivity contribution is 7.13. The Balaban J connectivity index is 1.74. The van der Waals surface area contributed by atoms with Crippen LogP contribution in [0.3, 0.4) is 0 Å². The summed E-state index contributed by atoms with van der Waals surface area (Å²) in [5.74, 6) is -0.295. The molecule has 0 fully saturated rings. The summed E-state index contributed by atoms with van der Waals surface area (Å²) in [5, 5.41) is 2.65. The number of benzene rings is 1. The minimum atomic E-state index is -0.417. The first-order valence-electron chi connectivity index (χ1n) is 7.77. The van der Waals surface area contributed by atoms with Gasteiger partial charge in [0, 0.05) is 25.0 Å². The summed E-state index contributed by atoms with van der Waals surface area (Å²) < 4.78 is 17.1. The zero-order chi connectivity index (χ0) is 18.4. The van der Waals surface area contributed by atoms with E-state index in [0.717, 1.165) is 20.8 Å². The van der Waals surface area contributed by atoms with E-state index in [-0.39, 0.29) is 5.82 Å². The second kappa shape index (κ2) is 6.03. The molecule has 0 saturated carbocycles. The smallest absolute Gasteiger partial charge is 0.319 e. The molecule has 26 heavy (non-hydrogen) atoms. The van der Waals surface area contributed by atoms with Crippen LogP contribution in [0.2, 0.25) is 0 Å². The lowest BCUT2D eigenvalue weighted by Crippen LogP contribution is -2.37. The molecule has 0 amide bonds. The van der Waals surface area contributed by atoms with Gasteiger partial charge in [0.25, 0.3) is 5.56 Å². The molecule has 0 aliphatic rings. The quantitative estimate of drug-likeness (QED) is 0.550. The molecule has 4 aromatic rings. The average Bonchev–Trinajstić information content (AvgIpc) is 3.26. The fourth-order valence-electron chi connectivity index (χ4n) is 2.80. The molecule has 132 valence electrons. The molecule has 0 aliphatic carbocycles. The molecule has 0 spiro atoms. The monoisotopic (exact) mass is 371 g/mol. The number of nitrogens with zero attached hydrogens (tertiary/aromatic N) is 5. The van der Waals surface area contributed by atoms with Crippen LogP contribution < -0.4 is 11.2 Å². The fourth-order valence-corrected chi connectivity index (χ4v) is 3.61. The molecular weight excluding hydrogens is 357 g/mol. The highest BCUT2D eigenvalue weighted by Crippen LogP contribution is 2.24. The molecule has 3 aromatic heterocycles. The van der Waals surface area contributed by atoms with Crippen molar-refractivity contribution < 1.29 is 4.39 Å². The number of hydrogen-bond acceptors (Lipinski definition) is 5. The molecule has 0 atom stereocenters. The maximum atomic E-state index is 13.1. The highest BCUT2D eigenvalue weighted by Gasteiger charge is 2.15. The van der Waals surface area contributed by atoms with Crippen LogP contribution >= 0.6 is 11.3 Å². The lowest BCUT2D eigenvalue weighted by atomic mass is 10.2. The largest absolute Gasteiger partial charge is 0.332 e. The molecule has 3 heterocycles. The Morgan fingerprint density at radius 2 is 1.85 bits per heavy atom. The molecule has 9 heteroatoms. The summed E-state index contributed by atoms with van der Waals surface area (Å²) in [6.07, 6.45) is 1.53. The van der Waals surface area contributed by atoms with Crippen molar-refractivity contribution in [2.24, 2.45) is 14.1 Å². The predicted molar refractivity (Wildman–Crippen MR) is 96.8 cm³/mol. The van der Waals surface area contributed by atoms with Gasteiger partial charge in [-0.2, -0.15) is 0 Å². The van der Waals surface area contributed by atoms with Gasteiger partial charge in [0.05, 0.1) is 18.6 Å². The second-order valence-corrected chi connectivity index (χ2v) is 6.76. The number of aromatic nitrogens is 5. The van der Waals surface area contributed by atoms with Gasteiger partial charge in [0.1, 0.15) is 10.8 Å². The third-order valence-electron chi connectivity index (χ3n) is 4.19.